The summed E-state index contributed by atoms with van der Waals surface area (Å²) < 4.78 is 1.97. The van der Waals surface area contributed by atoms with Crippen LogP contribution in [-0.4, -0.2) is 22.4 Å². The van der Waals surface area contributed by atoms with Gasteiger partial charge in [-0.2, -0.15) is 5.10 Å². The summed E-state index contributed by atoms with van der Waals surface area (Å²) >= 11 is 0. The van der Waals surface area contributed by atoms with Crippen molar-refractivity contribution in [3.63, 3.8) is 0 Å². The lowest BCUT2D eigenvalue weighted by atomic mass is 10.2. The van der Waals surface area contributed by atoms with E-state index in [4.69, 9.17) is 0 Å². The van der Waals surface area contributed by atoms with Crippen LogP contribution in [0.2, 0.25) is 0 Å². The fraction of sp³-hybridized carbons (Fsp3) is 0.615. The second kappa shape index (κ2) is 8.11. The summed E-state index contributed by atoms with van der Waals surface area (Å²) in [6, 6.07) is 2.45. The van der Waals surface area contributed by atoms with Crippen molar-refractivity contribution in [2.24, 2.45) is 0 Å². The summed E-state index contributed by atoms with van der Waals surface area (Å²) in [5.41, 5.74) is 0. The van der Waals surface area contributed by atoms with Crippen LogP contribution in [0.3, 0.4) is 0 Å². The third kappa shape index (κ3) is 5.71. The first kappa shape index (κ1) is 13.0. The second-order valence-electron chi connectivity index (χ2n) is 4.22. The molecule has 1 heterocycles. The summed E-state index contributed by atoms with van der Waals surface area (Å²) in [6.07, 6.45) is 10.8. The van der Waals surface area contributed by atoms with Crippen molar-refractivity contribution in [2.75, 3.05) is 6.54 Å². The number of nitrogens with zero attached hydrogens (tertiary/aromatic N) is 2. The van der Waals surface area contributed by atoms with Crippen molar-refractivity contribution < 1.29 is 0 Å². The fourth-order valence-electron chi connectivity index (χ4n) is 1.69. The molecule has 0 aliphatic heterocycles. The maximum Gasteiger partial charge on any atom is 0.0559 e. The highest BCUT2D eigenvalue weighted by Crippen LogP contribution is 1.99. The van der Waals surface area contributed by atoms with E-state index in [-0.39, 0.29) is 0 Å². The lowest BCUT2D eigenvalue weighted by Crippen LogP contribution is -2.31. The van der Waals surface area contributed by atoms with Gasteiger partial charge in [0.15, 0.2) is 0 Å². The van der Waals surface area contributed by atoms with Crippen molar-refractivity contribution >= 4 is 0 Å². The third-order valence-electron chi connectivity index (χ3n) is 2.60. The van der Waals surface area contributed by atoms with Crippen LogP contribution < -0.4 is 5.32 Å². The van der Waals surface area contributed by atoms with Crippen LogP contribution in [0, 0.1) is 0 Å². The van der Waals surface area contributed by atoms with Crippen molar-refractivity contribution in [1.29, 1.82) is 0 Å². The van der Waals surface area contributed by atoms with E-state index in [0.29, 0.717) is 6.04 Å². The van der Waals surface area contributed by atoms with Gasteiger partial charge in [0.2, 0.25) is 0 Å². The first-order valence-electron chi connectivity index (χ1n) is 6.14. The largest absolute Gasteiger partial charge is 0.312 e. The van der Waals surface area contributed by atoms with Gasteiger partial charge < -0.3 is 5.32 Å². The van der Waals surface area contributed by atoms with Crippen LogP contribution in [0.15, 0.2) is 31.1 Å². The molecule has 0 amide bonds. The Labute approximate surface area is 98.5 Å². The molecule has 0 aromatic carbocycles. The van der Waals surface area contributed by atoms with E-state index in [2.05, 4.69) is 23.9 Å². The topological polar surface area (TPSA) is 29.9 Å². The average Bonchev–Trinajstić information content (AvgIpc) is 2.76. The van der Waals surface area contributed by atoms with Crippen molar-refractivity contribution in [2.45, 2.75) is 45.2 Å². The molecular formula is C13H23N3. The van der Waals surface area contributed by atoms with Gasteiger partial charge in [-0.3, -0.25) is 4.68 Å². The minimum atomic E-state index is 0.485. The highest BCUT2D eigenvalue weighted by molar-refractivity contribution is 4.79. The zero-order valence-corrected chi connectivity index (χ0v) is 10.2. The predicted octanol–water partition coefficient (Wildman–Crippen LogP) is 2.61. The molecule has 0 aliphatic carbocycles. The first-order valence-corrected chi connectivity index (χ1v) is 6.14. The Bertz CT molecular complexity index is 267. The number of aromatic nitrogens is 2. The molecular weight excluding hydrogens is 198 g/mol. The third-order valence-corrected chi connectivity index (χ3v) is 2.60. The minimum Gasteiger partial charge on any atom is -0.312 e. The monoisotopic (exact) mass is 221 g/mol. The summed E-state index contributed by atoms with van der Waals surface area (Å²) in [4.78, 5) is 0. The molecule has 1 atom stereocenters. The van der Waals surface area contributed by atoms with E-state index >= 15 is 0 Å². The molecule has 0 saturated heterocycles. The Morgan fingerprint density at radius 1 is 1.44 bits per heavy atom. The molecule has 90 valence electrons. The first-order chi connectivity index (χ1) is 7.83. The lowest BCUT2D eigenvalue weighted by molar-refractivity contribution is 0.444. The smallest absolute Gasteiger partial charge is 0.0559 e. The average molecular weight is 221 g/mol. The summed E-state index contributed by atoms with van der Waals surface area (Å²) in [7, 11) is 0. The number of nitrogens with one attached hydrogen (secondary N) is 1. The number of rotatable bonds is 9. The highest BCUT2D eigenvalue weighted by atomic mass is 15.3. The van der Waals surface area contributed by atoms with Gasteiger partial charge in [-0.1, -0.05) is 12.5 Å². The van der Waals surface area contributed by atoms with Crippen LogP contribution in [-0.2, 0) is 6.54 Å². The molecule has 0 radical (unpaired) electrons. The maximum atomic E-state index is 4.19. The van der Waals surface area contributed by atoms with Crippen molar-refractivity contribution in [1.82, 2.24) is 15.1 Å². The van der Waals surface area contributed by atoms with Gasteiger partial charge >= 0.3 is 0 Å². The van der Waals surface area contributed by atoms with E-state index in [1.165, 1.54) is 19.3 Å². The minimum absolute atomic E-state index is 0.485. The highest BCUT2D eigenvalue weighted by Gasteiger charge is 2.01. The molecule has 0 spiro atoms. The molecule has 1 aromatic rings. The molecule has 0 saturated carbocycles. The van der Waals surface area contributed by atoms with Crippen LogP contribution in [0.5, 0.6) is 0 Å². The molecule has 1 N–H and O–H groups in total. The molecule has 3 heteroatoms. The Balaban J connectivity index is 1.98. The van der Waals surface area contributed by atoms with E-state index < -0.39 is 0 Å². The molecule has 3 nitrogen and oxygen atoms in total. The van der Waals surface area contributed by atoms with Crippen LogP contribution in [0.4, 0.5) is 0 Å². The molecule has 16 heavy (non-hydrogen) atoms. The van der Waals surface area contributed by atoms with E-state index in [0.717, 1.165) is 19.5 Å². The van der Waals surface area contributed by atoms with Crippen LogP contribution in [0.25, 0.3) is 0 Å². The summed E-state index contributed by atoms with van der Waals surface area (Å²) in [5, 5.41) is 7.70. The van der Waals surface area contributed by atoms with Gasteiger partial charge in [0.1, 0.15) is 0 Å². The zero-order valence-electron chi connectivity index (χ0n) is 10.2. The standard InChI is InChI=1S/C13H23N3/c1-3-4-5-6-7-9-14-13(2)12-16-11-8-10-15-16/h3,8,10-11,13-14H,1,4-7,9,12H2,2H3. The van der Waals surface area contributed by atoms with Crippen molar-refractivity contribution in [3.8, 4) is 0 Å². The van der Waals surface area contributed by atoms with E-state index in [1.54, 1.807) is 0 Å². The molecule has 1 aromatic heterocycles. The van der Waals surface area contributed by atoms with Gasteiger partial charge in [0.25, 0.3) is 0 Å². The molecule has 0 aliphatic rings. The molecule has 0 bridgehead atoms. The second-order valence-corrected chi connectivity index (χ2v) is 4.22. The lowest BCUT2D eigenvalue weighted by Gasteiger charge is -2.13. The maximum absolute atomic E-state index is 4.19. The van der Waals surface area contributed by atoms with Crippen LogP contribution >= 0.6 is 0 Å². The van der Waals surface area contributed by atoms with E-state index in [9.17, 15) is 0 Å². The van der Waals surface area contributed by atoms with Gasteiger partial charge in [-0.15, -0.1) is 6.58 Å². The summed E-state index contributed by atoms with van der Waals surface area (Å²) in [6.45, 7) is 7.96. The summed E-state index contributed by atoms with van der Waals surface area (Å²) in [5.74, 6) is 0. The number of hydrogen-bond donors (Lipinski definition) is 1. The fourth-order valence-corrected chi connectivity index (χ4v) is 1.69. The number of allylic oxidation sites excluding steroid dienone is 1. The van der Waals surface area contributed by atoms with Gasteiger partial charge in [0, 0.05) is 18.4 Å². The Kier molecular flexibility index (Phi) is 6.58. The Morgan fingerprint density at radius 3 is 3.00 bits per heavy atom. The number of hydrogen-bond acceptors (Lipinski definition) is 2. The molecule has 1 unspecified atom stereocenters. The SMILES string of the molecule is C=CCCCCCNC(C)Cn1cccn1. The zero-order chi connectivity index (χ0) is 11.6. The van der Waals surface area contributed by atoms with Gasteiger partial charge in [0.05, 0.1) is 6.54 Å². The number of unbranched alkanes of at least 4 members (excludes halogenated alkanes) is 3. The Morgan fingerprint density at radius 2 is 2.31 bits per heavy atom. The van der Waals surface area contributed by atoms with Gasteiger partial charge in [-0.25, -0.2) is 0 Å². The molecule has 1 rings (SSSR count). The van der Waals surface area contributed by atoms with E-state index in [1.807, 2.05) is 29.2 Å². The molecule has 0 fully saturated rings. The van der Waals surface area contributed by atoms with Crippen molar-refractivity contribution in [3.05, 3.63) is 31.1 Å². The van der Waals surface area contributed by atoms with Gasteiger partial charge in [-0.05, 0) is 38.8 Å². The Hall–Kier alpha value is -1.09. The van der Waals surface area contributed by atoms with Crippen LogP contribution in [0.1, 0.15) is 32.6 Å². The quantitative estimate of drug-likeness (QED) is 0.513. The normalized spacial score (nSPS) is 12.6. The predicted molar refractivity (Wildman–Crippen MR) is 68.4 cm³/mol.